The SMILES string of the molecule is C=C(CO)C(=O)OC1CCC1. The first-order chi connectivity index (χ1) is 5.24. The Morgan fingerprint density at radius 3 is 2.64 bits per heavy atom. The van der Waals surface area contributed by atoms with E-state index in [0.717, 1.165) is 19.3 Å². The average molecular weight is 156 g/mol. The van der Waals surface area contributed by atoms with E-state index in [2.05, 4.69) is 6.58 Å². The molecule has 0 saturated heterocycles. The van der Waals surface area contributed by atoms with Crippen molar-refractivity contribution in [3.05, 3.63) is 12.2 Å². The largest absolute Gasteiger partial charge is 0.459 e. The van der Waals surface area contributed by atoms with Crippen LogP contribution in [0.15, 0.2) is 12.2 Å². The van der Waals surface area contributed by atoms with E-state index < -0.39 is 5.97 Å². The van der Waals surface area contributed by atoms with E-state index in [4.69, 9.17) is 9.84 Å². The zero-order valence-corrected chi connectivity index (χ0v) is 6.38. The van der Waals surface area contributed by atoms with Gasteiger partial charge in [0.15, 0.2) is 0 Å². The second-order valence-electron chi connectivity index (χ2n) is 2.72. The van der Waals surface area contributed by atoms with Gasteiger partial charge in [0.2, 0.25) is 0 Å². The lowest BCUT2D eigenvalue weighted by Gasteiger charge is -2.25. The van der Waals surface area contributed by atoms with Gasteiger partial charge in [-0.2, -0.15) is 0 Å². The minimum Gasteiger partial charge on any atom is -0.459 e. The highest BCUT2D eigenvalue weighted by Crippen LogP contribution is 2.22. The molecule has 1 aliphatic carbocycles. The molecule has 0 aliphatic heterocycles. The van der Waals surface area contributed by atoms with Gasteiger partial charge in [0.05, 0.1) is 12.2 Å². The van der Waals surface area contributed by atoms with Crippen molar-refractivity contribution in [2.24, 2.45) is 0 Å². The Kier molecular flexibility index (Phi) is 2.65. The number of hydrogen-bond donors (Lipinski definition) is 1. The molecule has 0 spiro atoms. The first-order valence-electron chi connectivity index (χ1n) is 3.73. The Labute approximate surface area is 65.7 Å². The Balaban J connectivity index is 2.24. The number of rotatable bonds is 3. The van der Waals surface area contributed by atoms with Crippen LogP contribution < -0.4 is 0 Å². The number of carbonyl (C=O) groups excluding carboxylic acids is 1. The molecule has 1 rings (SSSR count). The zero-order chi connectivity index (χ0) is 8.27. The van der Waals surface area contributed by atoms with Gasteiger partial charge >= 0.3 is 5.97 Å². The molecule has 1 fully saturated rings. The Morgan fingerprint density at radius 2 is 2.27 bits per heavy atom. The highest BCUT2D eigenvalue weighted by atomic mass is 16.5. The van der Waals surface area contributed by atoms with E-state index in [1.54, 1.807) is 0 Å². The van der Waals surface area contributed by atoms with Crippen molar-refractivity contribution in [1.82, 2.24) is 0 Å². The van der Waals surface area contributed by atoms with Crippen LogP contribution in [0, 0.1) is 0 Å². The maximum absolute atomic E-state index is 10.9. The highest BCUT2D eigenvalue weighted by molar-refractivity contribution is 5.88. The molecule has 0 amide bonds. The van der Waals surface area contributed by atoms with Gasteiger partial charge < -0.3 is 9.84 Å². The summed E-state index contributed by atoms with van der Waals surface area (Å²) in [6, 6.07) is 0. The zero-order valence-electron chi connectivity index (χ0n) is 6.38. The van der Waals surface area contributed by atoms with Crippen molar-refractivity contribution >= 4 is 5.97 Å². The topological polar surface area (TPSA) is 46.5 Å². The van der Waals surface area contributed by atoms with E-state index in [0.29, 0.717) is 0 Å². The molecule has 0 aromatic heterocycles. The molecule has 0 aromatic carbocycles. The van der Waals surface area contributed by atoms with Crippen molar-refractivity contribution < 1.29 is 14.6 Å². The first-order valence-corrected chi connectivity index (χ1v) is 3.73. The molecule has 1 aliphatic rings. The van der Waals surface area contributed by atoms with Crippen LogP contribution in [0.2, 0.25) is 0 Å². The smallest absolute Gasteiger partial charge is 0.336 e. The van der Waals surface area contributed by atoms with Crippen LogP contribution in [0.1, 0.15) is 19.3 Å². The van der Waals surface area contributed by atoms with E-state index in [1.807, 2.05) is 0 Å². The van der Waals surface area contributed by atoms with Gasteiger partial charge in [-0.3, -0.25) is 0 Å². The molecular weight excluding hydrogens is 144 g/mol. The van der Waals surface area contributed by atoms with E-state index in [9.17, 15) is 4.79 Å². The van der Waals surface area contributed by atoms with Crippen LogP contribution in [-0.4, -0.2) is 23.8 Å². The molecule has 3 heteroatoms. The summed E-state index contributed by atoms with van der Waals surface area (Å²) in [6.45, 7) is 3.05. The molecule has 0 unspecified atom stereocenters. The lowest BCUT2D eigenvalue weighted by atomic mass is 9.96. The Hall–Kier alpha value is -0.830. The number of hydrogen-bond acceptors (Lipinski definition) is 3. The summed E-state index contributed by atoms with van der Waals surface area (Å²) in [4.78, 5) is 10.9. The van der Waals surface area contributed by atoms with E-state index in [-0.39, 0.29) is 18.3 Å². The Bertz CT molecular complexity index is 170. The van der Waals surface area contributed by atoms with Crippen molar-refractivity contribution in [3.8, 4) is 0 Å². The molecule has 0 radical (unpaired) electrons. The molecule has 0 atom stereocenters. The Morgan fingerprint density at radius 1 is 1.64 bits per heavy atom. The van der Waals surface area contributed by atoms with E-state index >= 15 is 0 Å². The monoisotopic (exact) mass is 156 g/mol. The fraction of sp³-hybridized carbons (Fsp3) is 0.625. The maximum atomic E-state index is 10.9. The average Bonchev–Trinajstić information content (AvgIpc) is 1.94. The number of aliphatic hydroxyl groups is 1. The number of ether oxygens (including phenoxy) is 1. The second kappa shape index (κ2) is 3.53. The lowest BCUT2D eigenvalue weighted by molar-refractivity contribution is -0.148. The van der Waals surface area contributed by atoms with Gasteiger partial charge in [0.25, 0.3) is 0 Å². The van der Waals surface area contributed by atoms with Crippen molar-refractivity contribution in [2.45, 2.75) is 25.4 Å². The van der Waals surface area contributed by atoms with Gasteiger partial charge in [-0.1, -0.05) is 6.58 Å². The van der Waals surface area contributed by atoms with E-state index in [1.165, 1.54) is 0 Å². The minimum atomic E-state index is -0.461. The number of carbonyl (C=O) groups is 1. The molecule has 0 bridgehead atoms. The summed E-state index contributed by atoms with van der Waals surface area (Å²) in [5.41, 5.74) is 0.136. The number of esters is 1. The van der Waals surface area contributed by atoms with Gasteiger partial charge in [-0.15, -0.1) is 0 Å². The third kappa shape index (κ3) is 2.05. The quantitative estimate of drug-likeness (QED) is 0.481. The van der Waals surface area contributed by atoms with Crippen molar-refractivity contribution in [3.63, 3.8) is 0 Å². The molecule has 11 heavy (non-hydrogen) atoms. The van der Waals surface area contributed by atoms with Gasteiger partial charge in [0, 0.05) is 0 Å². The third-order valence-corrected chi connectivity index (χ3v) is 1.81. The predicted octanol–water partition coefficient (Wildman–Crippen LogP) is 0.631. The van der Waals surface area contributed by atoms with Crippen molar-refractivity contribution in [2.75, 3.05) is 6.61 Å². The minimum absolute atomic E-state index is 0.0748. The predicted molar refractivity (Wildman–Crippen MR) is 40.0 cm³/mol. The fourth-order valence-corrected chi connectivity index (χ4v) is 0.788. The molecule has 3 nitrogen and oxygen atoms in total. The lowest BCUT2D eigenvalue weighted by Crippen LogP contribution is -2.26. The number of aliphatic hydroxyl groups excluding tert-OH is 1. The fourth-order valence-electron chi connectivity index (χ4n) is 0.788. The van der Waals surface area contributed by atoms with Gasteiger partial charge in [-0.25, -0.2) is 4.79 Å². The van der Waals surface area contributed by atoms with Crippen LogP contribution in [0.25, 0.3) is 0 Å². The van der Waals surface area contributed by atoms with Crippen LogP contribution in [0.4, 0.5) is 0 Å². The molecule has 0 heterocycles. The van der Waals surface area contributed by atoms with Crippen LogP contribution in [0.3, 0.4) is 0 Å². The van der Waals surface area contributed by atoms with Gasteiger partial charge in [0.1, 0.15) is 6.10 Å². The second-order valence-corrected chi connectivity index (χ2v) is 2.72. The normalized spacial score (nSPS) is 17.2. The standard InChI is InChI=1S/C8H12O3/c1-6(5-9)8(10)11-7-3-2-4-7/h7,9H,1-5H2. The molecule has 62 valence electrons. The van der Waals surface area contributed by atoms with Crippen LogP contribution in [-0.2, 0) is 9.53 Å². The summed E-state index contributed by atoms with van der Waals surface area (Å²) in [5.74, 6) is -0.461. The molecule has 1 saturated carbocycles. The third-order valence-electron chi connectivity index (χ3n) is 1.81. The molecule has 1 N–H and O–H groups in total. The first kappa shape index (κ1) is 8.27. The maximum Gasteiger partial charge on any atom is 0.336 e. The van der Waals surface area contributed by atoms with Crippen LogP contribution in [0.5, 0.6) is 0 Å². The summed E-state index contributed by atoms with van der Waals surface area (Å²) >= 11 is 0. The summed E-state index contributed by atoms with van der Waals surface area (Å²) in [6.07, 6.45) is 3.10. The molecular formula is C8H12O3. The molecule has 0 aromatic rings. The van der Waals surface area contributed by atoms with Crippen molar-refractivity contribution in [1.29, 1.82) is 0 Å². The highest BCUT2D eigenvalue weighted by Gasteiger charge is 2.22. The summed E-state index contributed by atoms with van der Waals surface area (Å²) < 4.78 is 4.94. The summed E-state index contributed by atoms with van der Waals surface area (Å²) in [7, 11) is 0. The van der Waals surface area contributed by atoms with Gasteiger partial charge in [-0.05, 0) is 19.3 Å². The van der Waals surface area contributed by atoms with Crippen LogP contribution >= 0.6 is 0 Å². The summed E-state index contributed by atoms with van der Waals surface area (Å²) in [5, 5.41) is 8.51.